The lowest BCUT2D eigenvalue weighted by molar-refractivity contribution is 0.402. The van der Waals surface area contributed by atoms with E-state index in [2.05, 4.69) is 29.2 Å². The lowest BCUT2D eigenvalue weighted by atomic mass is 9.84. The summed E-state index contributed by atoms with van der Waals surface area (Å²) in [6, 6.07) is 26.3. The van der Waals surface area contributed by atoms with Crippen LogP contribution in [0.15, 0.2) is 85.2 Å². The average Bonchev–Trinajstić information content (AvgIpc) is 3.58. The fourth-order valence-electron chi connectivity index (χ4n) is 5.28. The summed E-state index contributed by atoms with van der Waals surface area (Å²) >= 11 is 0. The number of nitrogens with zero attached hydrogens (tertiary/aromatic N) is 7. The quantitative estimate of drug-likeness (QED) is 0.285. The number of benzene rings is 3. The Morgan fingerprint density at radius 1 is 0.875 bits per heavy atom. The van der Waals surface area contributed by atoms with Crippen molar-refractivity contribution < 1.29 is 9.47 Å². The van der Waals surface area contributed by atoms with Crippen LogP contribution in [0.25, 0.3) is 22.7 Å². The van der Waals surface area contributed by atoms with Gasteiger partial charge in [-0.2, -0.15) is 5.10 Å². The first-order valence-corrected chi connectivity index (χ1v) is 13.0. The van der Waals surface area contributed by atoms with Crippen LogP contribution in [0, 0.1) is 6.92 Å². The van der Waals surface area contributed by atoms with Gasteiger partial charge in [0.1, 0.15) is 12.1 Å². The summed E-state index contributed by atoms with van der Waals surface area (Å²) in [5.41, 5.74) is 7.37. The molecule has 0 aliphatic carbocycles. The molecule has 1 aliphatic rings. The minimum Gasteiger partial charge on any atom is -0.497 e. The number of anilines is 1. The van der Waals surface area contributed by atoms with Crippen molar-refractivity contribution in [2.24, 2.45) is 0 Å². The van der Waals surface area contributed by atoms with Gasteiger partial charge >= 0.3 is 0 Å². The Labute approximate surface area is 231 Å². The van der Waals surface area contributed by atoms with Crippen molar-refractivity contribution in [2.75, 3.05) is 26.1 Å². The molecule has 0 bridgehead atoms. The molecular weight excluding hydrogens is 502 g/mol. The average molecular weight is 530 g/mol. The molecule has 198 valence electrons. The Hall–Kier alpha value is -5.18. The number of aromatic nitrogens is 6. The van der Waals surface area contributed by atoms with Gasteiger partial charge in [-0.15, -0.1) is 5.10 Å². The second-order valence-corrected chi connectivity index (χ2v) is 9.97. The number of para-hydroxylation sites is 1. The summed E-state index contributed by atoms with van der Waals surface area (Å²) in [5, 5.41) is 9.69. The number of aryl methyl sites for hydroxylation is 1. The van der Waals surface area contributed by atoms with E-state index >= 15 is 0 Å². The molecule has 0 N–H and O–H groups in total. The lowest BCUT2D eigenvalue weighted by Gasteiger charge is -2.26. The van der Waals surface area contributed by atoms with Crippen molar-refractivity contribution in [1.29, 1.82) is 0 Å². The van der Waals surface area contributed by atoms with Crippen LogP contribution in [0.2, 0.25) is 0 Å². The molecule has 0 spiro atoms. The van der Waals surface area contributed by atoms with Gasteiger partial charge in [0, 0.05) is 25.3 Å². The predicted octanol–water partition coefficient (Wildman–Crippen LogP) is 5.65. The molecule has 1 aliphatic heterocycles. The molecule has 0 saturated heterocycles. The van der Waals surface area contributed by atoms with Crippen molar-refractivity contribution in [3.8, 4) is 34.6 Å². The van der Waals surface area contributed by atoms with Crippen molar-refractivity contribution in [2.45, 2.75) is 12.8 Å². The highest BCUT2D eigenvalue weighted by Crippen LogP contribution is 2.50. The van der Waals surface area contributed by atoms with Gasteiger partial charge in [-0.3, -0.25) is 0 Å². The van der Waals surface area contributed by atoms with E-state index in [-0.39, 0.29) is 5.92 Å². The Balaban J connectivity index is 1.44. The van der Waals surface area contributed by atoms with Gasteiger partial charge in [0.05, 0.1) is 35.5 Å². The molecule has 6 aromatic rings. The SMILES string of the molecule is COc1ccc([C@@H]2c3c(C)nn(-c4ccccc4)c3Oc3ncn4nc(-c5ccc(N(C)C)cc5)nc4c32)cc1. The van der Waals surface area contributed by atoms with Gasteiger partial charge < -0.3 is 14.4 Å². The molecule has 9 nitrogen and oxygen atoms in total. The van der Waals surface area contributed by atoms with Gasteiger partial charge in [0.25, 0.3) is 0 Å². The van der Waals surface area contributed by atoms with Crippen molar-refractivity contribution in [3.05, 3.63) is 108 Å². The van der Waals surface area contributed by atoms with E-state index in [0.717, 1.165) is 45.1 Å². The summed E-state index contributed by atoms with van der Waals surface area (Å²) < 4.78 is 15.5. The van der Waals surface area contributed by atoms with Gasteiger partial charge in [0.15, 0.2) is 11.5 Å². The minimum absolute atomic E-state index is 0.230. The highest BCUT2D eigenvalue weighted by atomic mass is 16.5. The highest BCUT2D eigenvalue weighted by molar-refractivity contribution is 5.69. The molecule has 0 saturated carbocycles. The van der Waals surface area contributed by atoms with Crippen LogP contribution in [-0.2, 0) is 0 Å². The Bertz CT molecular complexity index is 1840. The maximum absolute atomic E-state index is 6.52. The molecule has 0 amide bonds. The zero-order valence-corrected chi connectivity index (χ0v) is 22.6. The summed E-state index contributed by atoms with van der Waals surface area (Å²) in [6.45, 7) is 2.01. The number of fused-ring (bicyclic) bond motifs is 4. The highest BCUT2D eigenvalue weighted by Gasteiger charge is 2.38. The third-order valence-corrected chi connectivity index (χ3v) is 7.31. The van der Waals surface area contributed by atoms with E-state index in [4.69, 9.17) is 29.6 Å². The molecule has 3 aromatic heterocycles. The second-order valence-electron chi connectivity index (χ2n) is 9.97. The third-order valence-electron chi connectivity index (χ3n) is 7.31. The fourth-order valence-corrected chi connectivity index (χ4v) is 5.28. The molecule has 0 unspecified atom stereocenters. The zero-order chi connectivity index (χ0) is 27.4. The molecule has 1 atom stereocenters. The van der Waals surface area contributed by atoms with E-state index in [9.17, 15) is 0 Å². The molecule has 3 aromatic carbocycles. The minimum atomic E-state index is -0.230. The first kappa shape index (κ1) is 23.9. The second kappa shape index (κ2) is 9.23. The van der Waals surface area contributed by atoms with Gasteiger partial charge in [-0.1, -0.05) is 30.3 Å². The molecule has 0 fully saturated rings. The van der Waals surface area contributed by atoms with Crippen LogP contribution in [0.3, 0.4) is 0 Å². The Morgan fingerprint density at radius 2 is 1.62 bits per heavy atom. The molecule has 0 radical (unpaired) electrons. The van der Waals surface area contributed by atoms with Crippen LogP contribution in [0.1, 0.15) is 28.3 Å². The fraction of sp³-hybridized carbons (Fsp3) is 0.161. The van der Waals surface area contributed by atoms with Crippen LogP contribution in [0.4, 0.5) is 5.69 Å². The summed E-state index contributed by atoms with van der Waals surface area (Å²) in [7, 11) is 5.71. The summed E-state index contributed by atoms with van der Waals surface area (Å²) in [4.78, 5) is 11.8. The molecule has 9 heteroatoms. The maximum Gasteiger partial charge on any atom is 0.230 e. The Morgan fingerprint density at radius 3 is 2.33 bits per heavy atom. The summed E-state index contributed by atoms with van der Waals surface area (Å²) in [5.74, 6) is 2.31. The first-order valence-electron chi connectivity index (χ1n) is 13.0. The van der Waals surface area contributed by atoms with Crippen molar-refractivity contribution in [1.82, 2.24) is 29.4 Å². The van der Waals surface area contributed by atoms with E-state index in [1.807, 2.05) is 80.3 Å². The maximum atomic E-state index is 6.52. The molecule has 40 heavy (non-hydrogen) atoms. The number of hydrogen-bond acceptors (Lipinski definition) is 7. The van der Waals surface area contributed by atoms with Crippen LogP contribution >= 0.6 is 0 Å². The van der Waals surface area contributed by atoms with E-state index in [1.54, 1.807) is 18.0 Å². The van der Waals surface area contributed by atoms with Crippen LogP contribution in [0.5, 0.6) is 17.5 Å². The molecular formula is C31H27N7O2. The van der Waals surface area contributed by atoms with Gasteiger partial charge in [0.2, 0.25) is 11.8 Å². The topological polar surface area (TPSA) is 82.6 Å². The van der Waals surface area contributed by atoms with E-state index in [0.29, 0.717) is 23.2 Å². The molecule has 7 rings (SSSR count). The first-order chi connectivity index (χ1) is 19.5. The number of ether oxygens (including phenoxy) is 2. The Kier molecular flexibility index (Phi) is 5.52. The summed E-state index contributed by atoms with van der Waals surface area (Å²) in [6.07, 6.45) is 1.66. The van der Waals surface area contributed by atoms with E-state index < -0.39 is 0 Å². The van der Waals surface area contributed by atoms with Gasteiger partial charge in [-0.25, -0.2) is 19.2 Å². The van der Waals surface area contributed by atoms with Gasteiger partial charge in [-0.05, 0) is 61.0 Å². The van der Waals surface area contributed by atoms with Crippen molar-refractivity contribution in [3.63, 3.8) is 0 Å². The number of rotatable bonds is 5. The molecule has 4 heterocycles. The monoisotopic (exact) mass is 529 g/mol. The third kappa shape index (κ3) is 3.78. The largest absolute Gasteiger partial charge is 0.497 e. The smallest absolute Gasteiger partial charge is 0.230 e. The number of methoxy groups -OCH3 is 1. The standard InChI is InChI=1S/C31H27N7O2/c1-19-25-26(20-12-16-24(39-4)17-13-20)27-29-33-28(21-10-14-22(15-11-21)36(2)3)35-37(29)18-32-30(27)40-31(25)38(34-19)23-8-6-5-7-9-23/h5-18,26H,1-4H3/t26-/m1/s1. The normalized spacial score (nSPS) is 13.9. The van der Waals surface area contributed by atoms with Crippen molar-refractivity contribution >= 4 is 11.3 Å². The predicted molar refractivity (Wildman–Crippen MR) is 153 cm³/mol. The van der Waals surface area contributed by atoms with Crippen LogP contribution < -0.4 is 14.4 Å². The number of hydrogen-bond donors (Lipinski definition) is 0. The van der Waals surface area contributed by atoms with E-state index in [1.165, 1.54) is 0 Å². The lowest BCUT2D eigenvalue weighted by Crippen LogP contribution is -2.16. The zero-order valence-electron chi connectivity index (χ0n) is 22.6. The van der Waals surface area contributed by atoms with Crippen LogP contribution in [-0.4, -0.2) is 50.6 Å².